The normalized spacial score (nSPS) is 11.8. The van der Waals surface area contributed by atoms with Crippen molar-refractivity contribution in [3.63, 3.8) is 0 Å². The summed E-state index contributed by atoms with van der Waals surface area (Å²) in [6, 6.07) is 8.71. The van der Waals surface area contributed by atoms with Crippen LogP contribution in [0.25, 0.3) is 12.2 Å². The molecule has 0 aliphatic rings. The van der Waals surface area contributed by atoms with Gasteiger partial charge in [-0.25, -0.2) is 0 Å². The monoisotopic (exact) mass is 378 g/mol. The van der Waals surface area contributed by atoms with Crippen LogP contribution in [0.15, 0.2) is 53.6 Å². The van der Waals surface area contributed by atoms with E-state index in [4.69, 9.17) is 0 Å². The van der Waals surface area contributed by atoms with Gasteiger partial charge >= 0.3 is 0 Å². The Morgan fingerprint density at radius 2 is 1.54 bits per heavy atom. The van der Waals surface area contributed by atoms with Gasteiger partial charge in [0.05, 0.1) is 0 Å². The largest absolute Gasteiger partial charge is 0.507 e. The minimum Gasteiger partial charge on any atom is -0.507 e. The van der Waals surface area contributed by atoms with Crippen molar-refractivity contribution in [3.05, 3.63) is 75.9 Å². The van der Waals surface area contributed by atoms with Crippen molar-refractivity contribution in [2.24, 2.45) is 0 Å². The minimum atomic E-state index is 0.0705. The molecular formula is C25H30O3. The van der Waals surface area contributed by atoms with Crippen LogP contribution in [0.4, 0.5) is 0 Å². The topological polar surface area (TPSA) is 60.7 Å². The Kier molecular flexibility index (Phi) is 7.51. The maximum atomic E-state index is 10.3. The van der Waals surface area contributed by atoms with Crippen LogP contribution in [0.2, 0.25) is 0 Å². The number of phenols is 3. The molecule has 28 heavy (non-hydrogen) atoms. The van der Waals surface area contributed by atoms with E-state index in [1.54, 1.807) is 30.4 Å². The predicted molar refractivity (Wildman–Crippen MR) is 118 cm³/mol. The summed E-state index contributed by atoms with van der Waals surface area (Å²) in [6.07, 6.45) is 10.2. The molecule has 0 heterocycles. The fraction of sp³-hybridized carbons (Fsp3) is 0.280. The third-order valence-corrected chi connectivity index (χ3v) is 4.61. The predicted octanol–water partition coefficient (Wildman–Crippen LogP) is 6.52. The molecule has 2 aromatic rings. The first kappa shape index (κ1) is 21.4. The highest BCUT2D eigenvalue weighted by molar-refractivity contribution is 5.74. The lowest BCUT2D eigenvalue weighted by molar-refractivity contribution is 0.440. The SMILES string of the molecule is CC(C)=CCC/C(C)=C/Cc1c(O)cc(/C=C/c2ccc(C)cc2O)cc1O. The van der Waals surface area contributed by atoms with E-state index in [-0.39, 0.29) is 17.2 Å². The second kappa shape index (κ2) is 9.84. The molecule has 0 saturated carbocycles. The Morgan fingerprint density at radius 3 is 2.14 bits per heavy atom. The second-order valence-electron chi connectivity index (χ2n) is 7.51. The van der Waals surface area contributed by atoms with E-state index in [9.17, 15) is 15.3 Å². The van der Waals surface area contributed by atoms with Crippen molar-refractivity contribution in [2.45, 2.75) is 47.0 Å². The number of hydrogen-bond acceptors (Lipinski definition) is 3. The molecule has 0 amide bonds. The number of aryl methyl sites for hydroxylation is 1. The third-order valence-electron chi connectivity index (χ3n) is 4.61. The van der Waals surface area contributed by atoms with Crippen molar-refractivity contribution in [1.29, 1.82) is 0 Å². The Balaban J connectivity index is 2.11. The van der Waals surface area contributed by atoms with Crippen LogP contribution in [0.3, 0.4) is 0 Å². The maximum Gasteiger partial charge on any atom is 0.123 e. The number of aromatic hydroxyl groups is 3. The number of allylic oxidation sites excluding steroid dienone is 4. The van der Waals surface area contributed by atoms with E-state index in [0.717, 1.165) is 18.4 Å². The van der Waals surface area contributed by atoms with Gasteiger partial charge in [0.15, 0.2) is 0 Å². The van der Waals surface area contributed by atoms with Crippen LogP contribution in [-0.2, 0) is 6.42 Å². The van der Waals surface area contributed by atoms with Gasteiger partial charge in [-0.2, -0.15) is 0 Å². The lowest BCUT2D eigenvalue weighted by Crippen LogP contribution is -1.88. The van der Waals surface area contributed by atoms with Gasteiger partial charge in [0.1, 0.15) is 17.2 Å². The maximum absolute atomic E-state index is 10.3. The molecule has 0 atom stereocenters. The van der Waals surface area contributed by atoms with Gasteiger partial charge in [0.2, 0.25) is 0 Å². The molecule has 3 N–H and O–H groups in total. The van der Waals surface area contributed by atoms with Gasteiger partial charge in [0, 0.05) is 11.1 Å². The molecule has 0 aromatic heterocycles. The van der Waals surface area contributed by atoms with Crippen LogP contribution >= 0.6 is 0 Å². The van der Waals surface area contributed by atoms with Crippen LogP contribution in [-0.4, -0.2) is 15.3 Å². The number of rotatable bonds is 7. The second-order valence-corrected chi connectivity index (χ2v) is 7.51. The van der Waals surface area contributed by atoms with E-state index >= 15 is 0 Å². The summed E-state index contributed by atoms with van der Waals surface area (Å²) in [4.78, 5) is 0. The molecule has 0 fully saturated rings. The fourth-order valence-corrected chi connectivity index (χ4v) is 2.92. The van der Waals surface area contributed by atoms with Gasteiger partial charge in [-0.1, -0.05) is 47.6 Å². The molecule has 148 valence electrons. The van der Waals surface area contributed by atoms with Gasteiger partial charge in [0.25, 0.3) is 0 Å². The summed E-state index contributed by atoms with van der Waals surface area (Å²) in [7, 11) is 0. The highest BCUT2D eigenvalue weighted by Gasteiger charge is 2.08. The zero-order valence-corrected chi connectivity index (χ0v) is 17.2. The molecule has 0 saturated heterocycles. The zero-order chi connectivity index (χ0) is 20.7. The molecule has 2 rings (SSSR count). The van der Waals surface area contributed by atoms with Gasteiger partial charge in [-0.3, -0.25) is 0 Å². The summed E-state index contributed by atoms with van der Waals surface area (Å²) in [6.45, 7) is 8.16. The van der Waals surface area contributed by atoms with E-state index in [0.29, 0.717) is 23.1 Å². The Morgan fingerprint density at radius 1 is 0.857 bits per heavy atom. The van der Waals surface area contributed by atoms with E-state index in [1.165, 1.54) is 11.1 Å². The molecule has 3 heteroatoms. The molecule has 2 aromatic carbocycles. The molecular weight excluding hydrogens is 348 g/mol. The summed E-state index contributed by atoms with van der Waals surface area (Å²) in [5.74, 6) is 0.345. The first-order valence-electron chi connectivity index (χ1n) is 9.58. The van der Waals surface area contributed by atoms with Crippen LogP contribution in [0.5, 0.6) is 17.2 Å². The Hall–Kier alpha value is -2.94. The van der Waals surface area contributed by atoms with Crippen LogP contribution in [0, 0.1) is 6.92 Å². The standard InChI is InChI=1S/C25H30O3/c1-17(2)6-5-7-18(3)9-13-22-24(27)15-20(16-25(22)28)10-12-21-11-8-19(4)14-23(21)26/h6,8-12,14-16,26-28H,5,7,13H2,1-4H3/b12-10+,18-9+. The molecule has 0 aliphatic carbocycles. The van der Waals surface area contributed by atoms with Crippen molar-refractivity contribution >= 4 is 12.2 Å². The minimum absolute atomic E-state index is 0.0705. The zero-order valence-electron chi connectivity index (χ0n) is 17.2. The van der Waals surface area contributed by atoms with Crippen molar-refractivity contribution in [1.82, 2.24) is 0 Å². The molecule has 0 unspecified atom stereocenters. The summed E-state index contributed by atoms with van der Waals surface area (Å²) < 4.78 is 0. The first-order valence-corrected chi connectivity index (χ1v) is 9.58. The lowest BCUT2D eigenvalue weighted by atomic mass is 10.0. The molecule has 0 spiro atoms. The lowest BCUT2D eigenvalue weighted by Gasteiger charge is -2.08. The molecule has 0 radical (unpaired) electrons. The summed E-state index contributed by atoms with van der Waals surface area (Å²) in [5.41, 5.74) is 5.41. The first-order chi connectivity index (χ1) is 13.3. The van der Waals surface area contributed by atoms with Gasteiger partial charge < -0.3 is 15.3 Å². The molecule has 0 bridgehead atoms. The highest BCUT2D eigenvalue weighted by Crippen LogP contribution is 2.31. The fourth-order valence-electron chi connectivity index (χ4n) is 2.92. The van der Waals surface area contributed by atoms with E-state index in [2.05, 4.69) is 26.8 Å². The highest BCUT2D eigenvalue weighted by atomic mass is 16.3. The van der Waals surface area contributed by atoms with Crippen molar-refractivity contribution in [2.75, 3.05) is 0 Å². The average molecular weight is 379 g/mol. The van der Waals surface area contributed by atoms with Crippen LogP contribution in [0.1, 0.15) is 55.9 Å². The van der Waals surface area contributed by atoms with Crippen molar-refractivity contribution in [3.8, 4) is 17.2 Å². The average Bonchev–Trinajstić information content (AvgIpc) is 2.60. The van der Waals surface area contributed by atoms with Crippen LogP contribution < -0.4 is 0 Å². The number of hydrogen-bond donors (Lipinski definition) is 3. The quantitative estimate of drug-likeness (QED) is 0.380. The van der Waals surface area contributed by atoms with Crippen molar-refractivity contribution < 1.29 is 15.3 Å². The summed E-state index contributed by atoms with van der Waals surface area (Å²) in [5, 5.41) is 30.7. The number of benzene rings is 2. The Labute approximate surface area is 168 Å². The smallest absolute Gasteiger partial charge is 0.123 e. The number of phenolic OH excluding ortho intramolecular Hbond substituents is 3. The van der Waals surface area contributed by atoms with Gasteiger partial charge in [-0.05, 0) is 76.3 Å². The summed E-state index contributed by atoms with van der Waals surface area (Å²) >= 11 is 0. The van der Waals surface area contributed by atoms with E-state index < -0.39 is 0 Å². The Bertz CT molecular complexity index is 890. The van der Waals surface area contributed by atoms with E-state index in [1.807, 2.05) is 25.1 Å². The third kappa shape index (κ3) is 6.34. The molecule has 3 nitrogen and oxygen atoms in total. The van der Waals surface area contributed by atoms with Gasteiger partial charge in [-0.15, -0.1) is 0 Å². The molecule has 0 aliphatic heterocycles.